The van der Waals surface area contributed by atoms with Gasteiger partial charge in [-0.15, -0.1) is 0 Å². The quantitative estimate of drug-likeness (QED) is 0.453. The molecule has 16 heavy (non-hydrogen) atoms. The molecule has 0 bridgehead atoms. The van der Waals surface area contributed by atoms with E-state index in [2.05, 4.69) is 6.92 Å². The molecule has 0 heterocycles. The van der Waals surface area contributed by atoms with Crippen LogP contribution < -0.4 is 0 Å². The van der Waals surface area contributed by atoms with Crippen LogP contribution in [0.3, 0.4) is 0 Å². The normalized spacial score (nSPS) is 10.6. The van der Waals surface area contributed by atoms with E-state index in [-0.39, 0.29) is 6.42 Å². The van der Waals surface area contributed by atoms with Crippen molar-refractivity contribution in [1.29, 1.82) is 0 Å². The molecule has 0 saturated heterocycles. The Hall–Kier alpha value is -0.530. The Balaban J connectivity index is 2.90. The summed E-state index contributed by atoms with van der Waals surface area (Å²) >= 11 is 0. The van der Waals surface area contributed by atoms with Gasteiger partial charge >= 0.3 is 5.97 Å². The molecule has 0 fully saturated rings. The SMILES string of the molecule is [CH2]CCCCCCCCCCCCC([O])=O. The predicted molar refractivity (Wildman–Crippen MR) is 66.5 cm³/mol. The minimum atomic E-state index is -0.912. The number of unbranched alkanes of at least 4 members (excludes halogenated alkanes) is 10. The van der Waals surface area contributed by atoms with E-state index in [4.69, 9.17) is 0 Å². The molecule has 0 rings (SSSR count). The highest BCUT2D eigenvalue weighted by Crippen LogP contribution is 2.11. The van der Waals surface area contributed by atoms with Crippen molar-refractivity contribution in [1.82, 2.24) is 0 Å². The van der Waals surface area contributed by atoms with Crippen LogP contribution in [0.15, 0.2) is 0 Å². The fourth-order valence-corrected chi connectivity index (χ4v) is 1.86. The van der Waals surface area contributed by atoms with Crippen LogP contribution in [0, 0.1) is 6.92 Å². The second kappa shape index (κ2) is 12.5. The van der Waals surface area contributed by atoms with Gasteiger partial charge in [0.15, 0.2) is 0 Å². The zero-order chi connectivity index (χ0) is 12.1. The second-order valence-electron chi connectivity index (χ2n) is 4.51. The van der Waals surface area contributed by atoms with Crippen molar-refractivity contribution >= 4 is 5.97 Å². The lowest BCUT2D eigenvalue weighted by Gasteiger charge is -2.01. The van der Waals surface area contributed by atoms with Gasteiger partial charge in [0.2, 0.25) is 0 Å². The van der Waals surface area contributed by atoms with Crippen molar-refractivity contribution in [3.8, 4) is 0 Å². The third kappa shape index (κ3) is 13.5. The molecule has 0 saturated carbocycles. The molecule has 0 aromatic rings. The van der Waals surface area contributed by atoms with Gasteiger partial charge in [0, 0.05) is 0 Å². The van der Waals surface area contributed by atoms with Crippen molar-refractivity contribution in [3.05, 3.63) is 6.92 Å². The van der Waals surface area contributed by atoms with E-state index < -0.39 is 5.97 Å². The number of hydrogen-bond acceptors (Lipinski definition) is 1. The molecule has 0 atom stereocenters. The highest BCUT2D eigenvalue weighted by atomic mass is 16.4. The average Bonchev–Trinajstić information content (AvgIpc) is 2.25. The van der Waals surface area contributed by atoms with Crippen molar-refractivity contribution < 1.29 is 9.90 Å². The van der Waals surface area contributed by atoms with Crippen molar-refractivity contribution in [3.63, 3.8) is 0 Å². The first-order chi connectivity index (χ1) is 7.77. The summed E-state index contributed by atoms with van der Waals surface area (Å²) < 4.78 is 0. The molecule has 0 aliphatic heterocycles. The van der Waals surface area contributed by atoms with E-state index in [1.807, 2.05) is 0 Å². The van der Waals surface area contributed by atoms with Crippen LogP contribution in [0.5, 0.6) is 0 Å². The molecule has 0 aliphatic carbocycles. The number of carbonyl (C=O) groups excluding carboxylic acids is 1. The first kappa shape index (κ1) is 15.5. The molecular formula is C14H26O2. The topological polar surface area (TPSA) is 37.0 Å². The van der Waals surface area contributed by atoms with E-state index in [1.54, 1.807) is 0 Å². The first-order valence-corrected chi connectivity index (χ1v) is 6.76. The van der Waals surface area contributed by atoms with Gasteiger partial charge in [-0.3, -0.25) is 0 Å². The minimum Gasteiger partial charge on any atom is -0.247 e. The number of hydrogen-bond donors (Lipinski definition) is 0. The molecular weight excluding hydrogens is 200 g/mol. The van der Waals surface area contributed by atoms with Crippen molar-refractivity contribution in [2.24, 2.45) is 0 Å². The van der Waals surface area contributed by atoms with Crippen LogP contribution in [0.2, 0.25) is 0 Å². The van der Waals surface area contributed by atoms with Gasteiger partial charge in [0.05, 0.1) is 6.42 Å². The summed E-state index contributed by atoms with van der Waals surface area (Å²) in [7, 11) is 0. The highest BCUT2D eigenvalue weighted by molar-refractivity contribution is 5.66. The van der Waals surface area contributed by atoms with Crippen LogP contribution in [-0.4, -0.2) is 5.97 Å². The molecule has 2 nitrogen and oxygen atoms in total. The van der Waals surface area contributed by atoms with E-state index in [0.717, 1.165) is 19.3 Å². The zero-order valence-electron chi connectivity index (χ0n) is 10.5. The Kier molecular flexibility index (Phi) is 12.1. The molecule has 0 aromatic carbocycles. The molecule has 2 radical (unpaired) electrons. The number of rotatable bonds is 12. The largest absolute Gasteiger partial charge is 0.355 e. The molecule has 0 unspecified atom stereocenters. The summed E-state index contributed by atoms with van der Waals surface area (Å²) in [6.07, 6.45) is 13.5. The third-order valence-electron chi connectivity index (χ3n) is 2.88. The summed E-state index contributed by atoms with van der Waals surface area (Å²) in [5, 5.41) is 10.1. The van der Waals surface area contributed by atoms with E-state index in [9.17, 15) is 9.90 Å². The molecule has 0 aliphatic rings. The fraction of sp³-hybridized carbons (Fsp3) is 0.857. The summed E-state index contributed by atoms with van der Waals surface area (Å²) in [6, 6.07) is 0. The van der Waals surface area contributed by atoms with E-state index in [0.29, 0.717) is 0 Å². The van der Waals surface area contributed by atoms with Crippen molar-refractivity contribution in [2.45, 2.75) is 77.0 Å². The Morgan fingerprint density at radius 3 is 1.44 bits per heavy atom. The summed E-state index contributed by atoms with van der Waals surface area (Å²) in [5.41, 5.74) is 0. The molecule has 94 valence electrons. The van der Waals surface area contributed by atoms with Gasteiger partial charge in [0.25, 0.3) is 0 Å². The Bertz CT molecular complexity index is 155. The van der Waals surface area contributed by atoms with Gasteiger partial charge in [-0.2, -0.15) is 0 Å². The van der Waals surface area contributed by atoms with Crippen LogP contribution in [0.1, 0.15) is 77.0 Å². The lowest BCUT2D eigenvalue weighted by molar-refractivity contribution is -0.143. The zero-order valence-corrected chi connectivity index (χ0v) is 10.5. The maximum atomic E-state index is 10.1. The highest BCUT2D eigenvalue weighted by Gasteiger charge is 1.98. The van der Waals surface area contributed by atoms with Crippen LogP contribution in [-0.2, 0) is 9.90 Å². The lowest BCUT2D eigenvalue weighted by atomic mass is 10.1. The average molecular weight is 226 g/mol. The maximum absolute atomic E-state index is 10.1. The predicted octanol–water partition coefficient (Wildman–Crippen LogP) is 4.46. The van der Waals surface area contributed by atoms with Gasteiger partial charge in [0.1, 0.15) is 0 Å². The first-order valence-electron chi connectivity index (χ1n) is 6.76. The van der Waals surface area contributed by atoms with E-state index >= 15 is 0 Å². The van der Waals surface area contributed by atoms with Crippen LogP contribution in [0.4, 0.5) is 0 Å². The molecule has 0 N–H and O–H groups in total. The van der Waals surface area contributed by atoms with Crippen molar-refractivity contribution in [2.75, 3.05) is 0 Å². The van der Waals surface area contributed by atoms with Crippen LogP contribution in [0.25, 0.3) is 0 Å². The monoisotopic (exact) mass is 226 g/mol. The van der Waals surface area contributed by atoms with Gasteiger partial charge in [-0.25, -0.2) is 9.90 Å². The van der Waals surface area contributed by atoms with Gasteiger partial charge in [-0.1, -0.05) is 71.1 Å². The Labute approximate surface area is 100 Å². The summed E-state index contributed by atoms with van der Waals surface area (Å²) in [5.74, 6) is -0.912. The maximum Gasteiger partial charge on any atom is 0.355 e. The minimum absolute atomic E-state index is 0.227. The molecule has 0 amide bonds. The Morgan fingerprint density at radius 1 is 0.688 bits per heavy atom. The molecule has 0 spiro atoms. The van der Waals surface area contributed by atoms with Gasteiger partial charge in [-0.05, 0) is 6.42 Å². The van der Waals surface area contributed by atoms with Crippen LogP contribution >= 0.6 is 0 Å². The Morgan fingerprint density at radius 2 is 1.06 bits per heavy atom. The summed E-state index contributed by atoms with van der Waals surface area (Å²) in [6.45, 7) is 3.83. The summed E-state index contributed by atoms with van der Waals surface area (Å²) in [4.78, 5) is 10.1. The standard InChI is InChI=1S/C14H26O2/c1-2-3-4-5-6-7-8-9-10-11-12-13-14(15)16/h1-13H2. The molecule has 2 heteroatoms. The van der Waals surface area contributed by atoms with E-state index in [1.165, 1.54) is 51.4 Å². The number of carbonyl (C=O) groups is 1. The fourth-order valence-electron chi connectivity index (χ4n) is 1.86. The smallest absolute Gasteiger partial charge is 0.247 e. The molecule has 0 aromatic heterocycles. The van der Waals surface area contributed by atoms with Gasteiger partial charge < -0.3 is 0 Å². The second-order valence-corrected chi connectivity index (χ2v) is 4.51. The third-order valence-corrected chi connectivity index (χ3v) is 2.88. The lowest BCUT2D eigenvalue weighted by Crippen LogP contribution is -1.91.